The molecule has 1 aliphatic carbocycles. The van der Waals surface area contributed by atoms with E-state index < -0.39 is 0 Å². The average molecular weight is 567 g/mol. The third-order valence-corrected chi connectivity index (χ3v) is 8.84. The van der Waals surface area contributed by atoms with Gasteiger partial charge in [0.05, 0.1) is 5.70 Å². The van der Waals surface area contributed by atoms with Crippen molar-refractivity contribution in [3.63, 3.8) is 0 Å². The molecule has 0 amide bonds. The third kappa shape index (κ3) is 4.79. The molecule has 0 fully saturated rings. The molecule has 0 aliphatic heterocycles. The van der Waals surface area contributed by atoms with Crippen molar-refractivity contribution in [2.24, 2.45) is 9.98 Å². The number of aliphatic imine (C=N–C) groups is 2. The predicted molar refractivity (Wildman–Crippen MR) is 188 cm³/mol. The molecule has 44 heavy (non-hydrogen) atoms. The van der Waals surface area contributed by atoms with E-state index >= 15 is 0 Å². The standard InChI is InChI=1S/C42H34N2/c1-28(30-15-7-5-8-16-30)43-41(44-29(2)31-17-9-6-10-18-31)33-25-23-32(24-26-33)39-35-20-12-11-19-34(35)27-38-40(39)36-21-13-14-22-37(36)42(38,3)4/h5-27H,1H2,2-4H3. The van der Waals surface area contributed by atoms with Crippen LogP contribution >= 0.6 is 0 Å². The SMILES string of the molecule is C=C(N=C(N=C(C)c1ccccc1)c1ccc(-c2c3c(cc4ccccc24)C(C)(C)c2ccccc2-3)cc1)c1ccccc1. The maximum atomic E-state index is 5.05. The highest BCUT2D eigenvalue weighted by Crippen LogP contribution is 2.54. The van der Waals surface area contributed by atoms with Gasteiger partial charge in [-0.3, -0.25) is 0 Å². The van der Waals surface area contributed by atoms with Crippen LogP contribution in [0.4, 0.5) is 0 Å². The molecule has 1 aliphatic rings. The molecular formula is C42H34N2. The van der Waals surface area contributed by atoms with Gasteiger partial charge in [-0.15, -0.1) is 0 Å². The number of fused-ring (bicyclic) bond motifs is 4. The predicted octanol–water partition coefficient (Wildman–Crippen LogP) is 10.7. The molecule has 212 valence electrons. The molecular weight excluding hydrogens is 532 g/mol. The summed E-state index contributed by atoms with van der Waals surface area (Å²) in [6.45, 7) is 11.0. The summed E-state index contributed by atoms with van der Waals surface area (Å²) < 4.78 is 0. The van der Waals surface area contributed by atoms with E-state index in [9.17, 15) is 0 Å². The number of benzene rings is 6. The lowest BCUT2D eigenvalue weighted by atomic mass is 9.80. The van der Waals surface area contributed by atoms with Crippen LogP contribution in [0.2, 0.25) is 0 Å². The minimum atomic E-state index is -0.0774. The van der Waals surface area contributed by atoms with Gasteiger partial charge in [-0.25, -0.2) is 9.98 Å². The van der Waals surface area contributed by atoms with Gasteiger partial charge in [0.25, 0.3) is 0 Å². The number of nitrogens with zero attached hydrogens (tertiary/aromatic N) is 2. The summed E-state index contributed by atoms with van der Waals surface area (Å²) in [5, 5.41) is 2.52. The zero-order chi connectivity index (χ0) is 30.3. The summed E-state index contributed by atoms with van der Waals surface area (Å²) in [5.41, 5.74) is 12.4. The van der Waals surface area contributed by atoms with E-state index in [0.29, 0.717) is 11.5 Å². The van der Waals surface area contributed by atoms with Gasteiger partial charge in [0.2, 0.25) is 0 Å². The maximum Gasteiger partial charge on any atom is 0.160 e. The molecule has 0 saturated heterocycles. The van der Waals surface area contributed by atoms with E-state index in [1.807, 2.05) is 55.5 Å². The molecule has 0 aromatic heterocycles. The number of hydrogen-bond donors (Lipinski definition) is 0. The minimum Gasteiger partial charge on any atom is -0.233 e. The Labute approximate surface area is 259 Å². The normalized spacial score (nSPS) is 13.9. The van der Waals surface area contributed by atoms with Crippen LogP contribution in [0.1, 0.15) is 48.6 Å². The van der Waals surface area contributed by atoms with Gasteiger partial charge in [0.1, 0.15) is 0 Å². The third-order valence-electron chi connectivity index (χ3n) is 8.84. The number of amidine groups is 1. The Bertz CT molecular complexity index is 2080. The van der Waals surface area contributed by atoms with Gasteiger partial charge in [-0.2, -0.15) is 0 Å². The Morgan fingerprint density at radius 2 is 1.18 bits per heavy atom. The minimum absolute atomic E-state index is 0.0774. The first kappa shape index (κ1) is 27.5. The highest BCUT2D eigenvalue weighted by Gasteiger charge is 2.37. The van der Waals surface area contributed by atoms with Crippen molar-refractivity contribution in [2.75, 3.05) is 0 Å². The summed E-state index contributed by atoms with van der Waals surface area (Å²) in [6.07, 6.45) is 0. The van der Waals surface area contributed by atoms with E-state index in [0.717, 1.165) is 22.4 Å². The first-order valence-electron chi connectivity index (χ1n) is 15.1. The van der Waals surface area contributed by atoms with Gasteiger partial charge >= 0.3 is 0 Å². The molecule has 2 nitrogen and oxygen atoms in total. The van der Waals surface area contributed by atoms with Crippen LogP contribution in [0.15, 0.2) is 156 Å². The van der Waals surface area contributed by atoms with Crippen LogP contribution in [0, 0.1) is 0 Å². The fourth-order valence-corrected chi connectivity index (χ4v) is 6.48. The maximum absolute atomic E-state index is 5.05. The van der Waals surface area contributed by atoms with Gasteiger partial charge in [-0.05, 0) is 68.3 Å². The Kier molecular flexibility index (Phi) is 6.91. The Morgan fingerprint density at radius 1 is 0.568 bits per heavy atom. The molecule has 2 heteroatoms. The van der Waals surface area contributed by atoms with Crippen LogP contribution in [0.25, 0.3) is 38.7 Å². The molecule has 7 rings (SSSR count). The topological polar surface area (TPSA) is 24.7 Å². The highest BCUT2D eigenvalue weighted by molar-refractivity contribution is 6.13. The van der Waals surface area contributed by atoms with Crippen molar-refractivity contribution < 1.29 is 0 Å². The molecule has 6 aromatic rings. The monoisotopic (exact) mass is 566 g/mol. The number of hydrogen-bond acceptors (Lipinski definition) is 1. The molecule has 0 saturated carbocycles. The summed E-state index contributed by atoms with van der Waals surface area (Å²) in [4.78, 5) is 10.0. The van der Waals surface area contributed by atoms with E-state index in [2.05, 4.69) is 111 Å². The lowest BCUT2D eigenvalue weighted by molar-refractivity contribution is 0.661. The molecule has 0 bridgehead atoms. The molecule has 0 spiro atoms. The van der Waals surface area contributed by atoms with Crippen molar-refractivity contribution in [1.82, 2.24) is 0 Å². The fraction of sp³-hybridized carbons (Fsp3) is 0.0952. The van der Waals surface area contributed by atoms with Crippen molar-refractivity contribution in [2.45, 2.75) is 26.2 Å². The van der Waals surface area contributed by atoms with E-state index in [1.54, 1.807) is 0 Å². The molecule has 6 aromatic carbocycles. The van der Waals surface area contributed by atoms with Crippen molar-refractivity contribution in [3.05, 3.63) is 174 Å². The van der Waals surface area contributed by atoms with Gasteiger partial charge in [-0.1, -0.05) is 154 Å². The Balaban J connectivity index is 1.38. The molecule has 0 atom stereocenters. The second kappa shape index (κ2) is 11.1. The first-order chi connectivity index (χ1) is 21.4. The van der Waals surface area contributed by atoms with Gasteiger partial charge in [0.15, 0.2) is 5.84 Å². The number of rotatable bonds is 5. The summed E-state index contributed by atoms with van der Waals surface area (Å²) >= 11 is 0. The lowest BCUT2D eigenvalue weighted by Crippen LogP contribution is -2.14. The first-order valence-corrected chi connectivity index (χ1v) is 15.1. The van der Waals surface area contributed by atoms with E-state index in [1.165, 1.54) is 44.2 Å². The molecule has 0 unspecified atom stereocenters. The molecule has 0 heterocycles. The van der Waals surface area contributed by atoms with Gasteiger partial charge in [0, 0.05) is 16.7 Å². The van der Waals surface area contributed by atoms with Crippen LogP contribution in [-0.4, -0.2) is 11.5 Å². The lowest BCUT2D eigenvalue weighted by Gasteiger charge is -2.23. The van der Waals surface area contributed by atoms with Gasteiger partial charge < -0.3 is 0 Å². The van der Waals surface area contributed by atoms with Crippen molar-refractivity contribution >= 4 is 28.0 Å². The second-order valence-corrected chi connectivity index (χ2v) is 12.0. The van der Waals surface area contributed by atoms with Crippen LogP contribution in [0.5, 0.6) is 0 Å². The zero-order valence-electron chi connectivity index (χ0n) is 25.4. The summed E-state index contributed by atoms with van der Waals surface area (Å²) in [7, 11) is 0. The Morgan fingerprint density at radius 3 is 1.91 bits per heavy atom. The fourth-order valence-electron chi connectivity index (χ4n) is 6.48. The Hall–Kier alpha value is -5.34. The highest BCUT2D eigenvalue weighted by atomic mass is 14.9. The van der Waals surface area contributed by atoms with Crippen molar-refractivity contribution in [3.8, 4) is 22.3 Å². The average Bonchev–Trinajstić information content (AvgIpc) is 3.30. The summed E-state index contributed by atoms with van der Waals surface area (Å²) in [5.74, 6) is 0.640. The smallest absolute Gasteiger partial charge is 0.160 e. The van der Waals surface area contributed by atoms with Crippen molar-refractivity contribution in [1.29, 1.82) is 0 Å². The quantitative estimate of drug-likeness (QED) is 0.146. The van der Waals surface area contributed by atoms with Crippen LogP contribution in [0.3, 0.4) is 0 Å². The largest absolute Gasteiger partial charge is 0.233 e. The summed E-state index contributed by atoms with van der Waals surface area (Å²) in [6, 6.07) is 49.0. The van der Waals surface area contributed by atoms with E-state index in [4.69, 9.17) is 9.98 Å². The second-order valence-electron chi connectivity index (χ2n) is 12.0. The van der Waals surface area contributed by atoms with Crippen LogP contribution < -0.4 is 0 Å². The van der Waals surface area contributed by atoms with E-state index in [-0.39, 0.29) is 5.41 Å². The zero-order valence-corrected chi connectivity index (χ0v) is 25.4. The molecule has 0 radical (unpaired) electrons. The van der Waals surface area contributed by atoms with Crippen LogP contribution in [-0.2, 0) is 5.41 Å². The molecule has 0 N–H and O–H groups in total.